The molecule has 0 aliphatic rings. The second-order valence-electron chi connectivity index (χ2n) is 2.00. The Kier molecular flexibility index (Phi) is 5.27. The number of amides is 1. The lowest BCUT2D eigenvalue weighted by atomic mass is 10.4. The largest absolute Gasteiger partial charge is 0.450 e. The minimum Gasteiger partial charge on any atom is -0.450 e. The third-order valence-corrected chi connectivity index (χ3v) is 1.02. The number of aliphatic hydroxyl groups is 1. The van der Waals surface area contributed by atoms with Crippen LogP contribution in [0.4, 0.5) is 13.6 Å². The van der Waals surface area contributed by atoms with Crippen LogP contribution in [0, 0.1) is 0 Å². The molecule has 0 rings (SSSR count). The molecule has 12 heavy (non-hydrogen) atoms. The summed E-state index contributed by atoms with van der Waals surface area (Å²) < 4.78 is 27.6. The predicted octanol–water partition coefficient (Wildman–Crippen LogP) is 0.359. The van der Waals surface area contributed by atoms with Gasteiger partial charge in [0.05, 0.1) is 13.2 Å². The van der Waals surface area contributed by atoms with Crippen LogP contribution >= 0.6 is 0 Å². The number of hydrogen-bond donors (Lipinski definition) is 2. The van der Waals surface area contributed by atoms with E-state index in [-0.39, 0.29) is 6.61 Å². The lowest BCUT2D eigenvalue weighted by Crippen LogP contribution is -2.36. The van der Waals surface area contributed by atoms with Crippen LogP contribution in [0.2, 0.25) is 0 Å². The first kappa shape index (κ1) is 11.1. The van der Waals surface area contributed by atoms with Crippen molar-refractivity contribution in [2.24, 2.45) is 0 Å². The van der Waals surface area contributed by atoms with Crippen molar-refractivity contribution in [2.75, 3.05) is 13.2 Å². The average molecular weight is 183 g/mol. The molecule has 0 aromatic rings. The first-order valence-electron chi connectivity index (χ1n) is 3.44. The summed E-state index contributed by atoms with van der Waals surface area (Å²) in [5.41, 5.74) is 0. The van der Waals surface area contributed by atoms with Crippen molar-refractivity contribution in [1.29, 1.82) is 0 Å². The van der Waals surface area contributed by atoms with E-state index in [2.05, 4.69) is 4.74 Å². The number of nitrogens with one attached hydrogen (secondary N) is 1. The summed E-state index contributed by atoms with van der Waals surface area (Å²) in [6.45, 7) is 1.25. The molecule has 0 saturated heterocycles. The third-order valence-electron chi connectivity index (χ3n) is 1.02. The van der Waals surface area contributed by atoms with Crippen molar-refractivity contribution in [3.8, 4) is 0 Å². The van der Waals surface area contributed by atoms with Crippen LogP contribution in [0.25, 0.3) is 0 Å². The molecule has 0 aromatic heterocycles. The molecule has 4 nitrogen and oxygen atoms in total. The Morgan fingerprint density at radius 3 is 2.67 bits per heavy atom. The fraction of sp³-hybridized carbons (Fsp3) is 0.833. The Morgan fingerprint density at radius 2 is 2.25 bits per heavy atom. The van der Waals surface area contributed by atoms with Gasteiger partial charge in [0.25, 0.3) is 6.43 Å². The van der Waals surface area contributed by atoms with Crippen molar-refractivity contribution >= 4 is 6.09 Å². The van der Waals surface area contributed by atoms with Crippen molar-refractivity contribution in [3.05, 3.63) is 0 Å². The highest BCUT2D eigenvalue weighted by molar-refractivity contribution is 5.67. The highest BCUT2D eigenvalue weighted by Crippen LogP contribution is 1.98. The van der Waals surface area contributed by atoms with Crippen LogP contribution in [0.3, 0.4) is 0 Å². The minimum absolute atomic E-state index is 0.163. The Bertz CT molecular complexity index is 143. The van der Waals surface area contributed by atoms with Gasteiger partial charge in [-0.05, 0) is 6.92 Å². The molecule has 1 atom stereocenters. The maximum atomic E-state index is 11.6. The van der Waals surface area contributed by atoms with E-state index in [1.807, 2.05) is 5.32 Å². The first-order chi connectivity index (χ1) is 5.57. The quantitative estimate of drug-likeness (QED) is 0.661. The van der Waals surface area contributed by atoms with Gasteiger partial charge in [-0.15, -0.1) is 0 Å². The highest BCUT2D eigenvalue weighted by atomic mass is 19.3. The summed E-state index contributed by atoms with van der Waals surface area (Å²) in [6.07, 6.45) is -5.50. The smallest absolute Gasteiger partial charge is 0.407 e. The second-order valence-corrected chi connectivity index (χ2v) is 2.00. The highest BCUT2D eigenvalue weighted by Gasteiger charge is 2.17. The molecule has 0 fully saturated rings. The number of halogens is 2. The minimum atomic E-state index is -2.85. The molecule has 1 amide bonds. The van der Waals surface area contributed by atoms with Gasteiger partial charge in [0.15, 0.2) is 0 Å². The molecule has 0 aliphatic carbocycles. The van der Waals surface area contributed by atoms with Gasteiger partial charge in [-0.3, -0.25) is 0 Å². The van der Waals surface area contributed by atoms with Crippen LogP contribution in [-0.2, 0) is 4.74 Å². The van der Waals surface area contributed by atoms with Crippen LogP contribution in [-0.4, -0.2) is 36.9 Å². The van der Waals surface area contributed by atoms with E-state index in [0.717, 1.165) is 0 Å². The van der Waals surface area contributed by atoms with E-state index >= 15 is 0 Å². The summed E-state index contributed by atoms with van der Waals surface area (Å²) in [7, 11) is 0. The molecule has 0 aromatic carbocycles. The lowest BCUT2D eigenvalue weighted by molar-refractivity contribution is -0.00318. The molecule has 0 bridgehead atoms. The Hall–Kier alpha value is -0.910. The van der Waals surface area contributed by atoms with Crippen molar-refractivity contribution in [1.82, 2.24) is 5.32 Å². The molecule has 0 radical (unpaired) electrons. The standard InChI is InChI=1S/C6H11F2NO3/c1-2-12-6(11)9-3-4(10)5(7)8/h4-5,10H,2-3H2,1H3,(H,9,11). The van der Waals surface area contributed by atoms with E-state index in [4.69, 9.17) is 5.11 Å². The number of hydrogen-bond acceptors (Lipinski definition) is 3. The molecule has 0 aliphatic heterocycles. The Morgan fingerprint density at radius 1 is 1.67 bits per heavy atom. The van der Waals surface area contributed by atoms with E-state index in [9.17, 15) is 13.6 Å². The zero-order valence-electron chi connectivity index (χ0n) is 6.59. The summed E-state index contributed by atoms with van der Waals surface area (Å²) >= 11 is 0. The fourth-order valence-electron chi connectivity index (χ4n) is 0.459. The number of alkyl carbamates (subject to hydrolysis) is 1. The molecular weight excluding hydrogens is 172 g/mol. The van der Waals surface area contributed by atoms with Crippen LogP contribution < -0.4 is 5.32 Å². The topological polar surface area (TPSA) is 58.6 Å². The SMILES string of the molecule is CCOC(=O)NCC(O)C(F)F. The monoisotopic (exact) mass is 183 g/mol. The Labute approximate surface area is 68.5 Å². The van der Waals surface area contributed by atoms with Crippen LogP contribution in [0.1, 0.15) is 6.92 Å². The number of aliphatic hydroxyl groups excluding tert-OH is 1. The normalized spacial score (nSPS) is 12.8. The Balaban J connectivity index is 3.47. The molecule has 0 heterocycles. The molecule has 2 N–H and O–H groups in total. The number of ether oxygens (including phenoxy) is 1. The second kappa shape index (κ2) is 5.70. The van der Waals surface area contributed by atoms with Gasteiger partial charge in [0.2, 0.25) is 0 Å². The van der Waals surface area contributed by atoms with E-state index in [1.54, 1.807) is 6.92 Å². The zero-order chi connectivity index (χ0) is 9.56. The summed E-state index contributed by atoms with van der Waals surface area (Å²) in [4.78, 5) is 10.5. The lowest BCUT2D eigenvalue weighted by Gasteiger charge is -2.09. The van der Waals surface area contributed by atoms with Gasteiger partial charge >= 0.3 is 6.09 Å². The van der Waals surface area contributed by atoms with Gasteiger partial charge in [0, 0.05) is 0 Å². The van der Waals surface area contributed by atoms with Gasteiger partial charge in [0.1, 0.15) is 6.10 Å². The van der Waals surface area contributed by atoms with Crippen molar-refractivity contribution in [2.45, 2.75) is 19.5 Å². The maximum absolute atomic E-state index is 11.6. The average Bonchev–Trinajstić information content (AvgIpc) is 2.00. The molecule has 1 unspecified atom stereocenters. The molecule has 0 spiro atoms. The number of carbonyl (C=O) groups excluding carboxylic acids is 1. The van der Waals surface area contributed by atoms with Crippen LogP contribution in [0.15, 0.2) is 0 Å². The molecule has 0 saturated carbocycles. The van der Waals surface area contributed by atoms with E-state index < -0.39 is 25.2 Å². The summed E-state index contributed by atoms with van der Waals surface area (Å²) in [5.74, 6) is 0. The first-order valence-corrected chi connectivity index (χ1v) is 3.44. The van der Waals surface area contributed by atoms with Gasteiger partial charge in [-0.25, -0.2) is 13.6 Å². The third kappa shape index (κ3) is 4.84. The van der Waals surface area contributed by atoms with E-state index in [0.29, 0.717) is 0 Å². The predicted molar refractivity (Wildman–Crippen MR) is 37.0 cm³/mol. The molecule has 72 valence electrons. The van der Waals surface area contributed by atoms with Crippen LogP contribution in [0.5, 0.6) is 0 Å². The zero-order valence-corrected chi connectivity index (χ0v) is 6.59. The van der Waals surface area contributed by atoms with Gasteiger partial charge in [-0.2, -0.15) is 0 Å². The summed E-state index contributed by atoms with van der Waals surface area (Å²) in [6, 6.07) is 0. The van der Waals surface area contributed by atoms with Gasteiger partial charge in [-0.1, -0.05) is 0 Å². The number of carbonyl (C=O) groups is 1. The number of alkyl halides is 2. The van der Waals surface area contributed by atoms with Crippen molar-refractivity contribution < 1.29 is 23.4 Å². The van der Waals surface area contributed by atoms with Gasteiger partial charge < -0.3 is 15.2 Å². The maximum Gasteiger partial charge on any atom is 0.407 e. The molecule has 6 heteroatoms. The number of rotatable bonds is 4. The van der Waals surface area contributed by atoms with E-state index in [1.165, 1.54) is 0 Å². The molecular formula is C6H11F2NO3. The van der Waals surface area contributed by atoms with Crippen molar-refractivity contribution in [3.63, 3.8) is 0 Å². The fourth-order valence-corrected chi connectivity index (χ4v) is 0.459. The summed E-state index contributed by atoms with van der Waals surface area (Å²) in [5, 5.41) is 10.5.